The maximum Gasteiger partial charge on any atom is 0.269 e. The maximum absolute atomic E-state index is 11.7. The van der Waals surface area contributed by atoms with E-state index in [9.17, 15) is 14.4 Å². The maximum atomic E-state index is 11.7. The molecule has 1 unspecified atom stereocenters. The van der Waals surface area contributed by atoms with Gasteiger partial charge in [-0.05, 0) is 17.9 Å². The van der Waals surface area contributed by atoms with Crippen LogP contribution in [0.3, 0.4) is 0 Å². The Morgan fingerprint density at radius 1 is 1.33 bits per heavy atom. The fourth-order valence-electron chi connectivity index (χ4n) is 1.72. The van der Waals surface area contributed by atoms with Gasteiger partial charge in [-0.2, -0.15) is 0 Å². The van der Waals surface area contributed by atoms with Crippen molar-refractivity contribution in [3.05, 3.63) is 34.5 Å². The highest BCUT2D eigenvalue weighted by molar-refractivity contribution is 7.09. The molecule has 2 rings (SSSR count). The predicted molar refractivity (Wildman–Crippen MR) is 80.2 cm³/mol. The van der Waals surface area contributed by atoms with Crippen molar-refractivity contribution in [2.75, 3.05) is 13.1 Å². The van der Waals surface area contributed by atoms with Gasteiger partial charge >= 0.3 is 0 Å². The zero-order chi connectivity index (χ0) is 15.1. The van der Waals surface area contributed by atoms with Crippen molar-refractivity contribution in [1.82, 2.24) is 10.6 Å². The van der Waals surface area contributed by atoms with Crippen LogP contribution in [0.5, 0.6) is 0 Å². The normalized spacial score (nSPS) is 16.8. The van der Waals surface area contributed by atoms with Gasteiger partial charge in [-0.1, -0.05) is 12.1 Å². The summed E-state index contributed by atoms with van der Waals surface area (Å²) >= 11 is 1.64. The van der Waals surface area contributed by atoms with Crippen LogP contribution in [-0.4, -0.2) is 37.0 Å². The fourth-order valence-corrected chi connectivity index (χ4v) is 2.42. The topological polar surface area (TPSA) is 87.6 Å². The minimum atomic E-state index is -0.596. The van der Waals surface area contributed by atoms with Crippen LogP contribution in [0.25, 0.3) is 0 Å². The lowest BCUT2D eigenvalue weighted by Gasteiger charge is -2.10. The number of rotatable bonds is 6. The second-order valence-corrected chi connectivity index (χ2v) is 5.43. The van der Waals surface area contributed by atoms with E-state index in [0.29, 0.717) is 6.54 Å². The average Bonchev–Trinajstić information content (AvgIpc) is 2.99. The van der Waals surface area contributed by atoms with Crippen LogP contribution in [0.15, 0.2) is 34.7 Å². The molecule has 2 N–H and O–H groups in total. The number of carbonyl (C=O) groups is 3. The third-order valence-corrected chi connectivity index (χ3v) is 3.74. The lowest BCUT2D eigenvalue weighted by molar-refractivity contribution is -0.126. The van der Waals surface area contributed by atoms with E-state index in [1.54, 1.807) is 11.3 Å². The molecule has 0 spiro atoms. The lowest BCUT2D eigenvalue weighted by atomic mass is 10.1. The zero-order valence-electron chi connectivity index (χ0n) is 11.2. The Hall–Kier alpha value is -2.28. The second-order valence-electron chi connectivity index (χ2n) is 4.40. The quantitative estimate of drug-likeness (QED) is 0.792. The Kier molecular flexibility index (Phi) is 5.39. The van der Waals surface area contributed by atoms with Crippen LogP contribution in [0.1, 0.15) is 4.88 Å². The summed E-state index contributed by atoms with van der Waals surface area (Å²) in [5.74, 6) is -1.57. The second kappa shape index (κ2) is 7.49. The molecule has 1 atom stereocenters. The molecule has 0 aliphatic carbocycles. The summed E-state index contributed by atoms with van der Waals surface area (Å²) in [6.45, 7) is 0.448. The van der Waals surface area contributed by atoms with Crippen molar-refractivity contribution in [2.45, 2.75) is 6.42 Å². The minimum absolute atomic E-state index is 0.0879. The summed E-state index contributed by atoms with van der Waals surface area (Å²) in [5.41, 5.74) is 0. The molecule has 6 nitrogen and oxygen atoms in total. The SMILES string of the molecule is O=C1C=CC(C(=O)NCC(=O)NCCc2cccs2)C=N1. The van der Waals surface area contributed by atoms with Gasteiger partial charge in [0.2, 0.25) is 11.8 Å². The van der Waals surface area contributed by atoms with E-state index in [-0.39, 0.29) is 24.3 Å². The van der Waals surface area contributed by atoms with E-state index in [2.05, 4.69) is 15.6 Å². The number of hydrogen-bond acceptors (Lipinski definition) is 4. The molecule has 0 radical (unpaired) electrons. The van der Waals surface area contributed by atoms with Gasteiger partial charge in [0.25, 0.3) is 5.91 Å². The van der Waals surface area contributed by atoms with Crippen molar-refractivity contribution < 1.29 is 14.4 Å². The molecule has 0 fully saturated rings. The van der Waals surface area contributed by atoms with Crippen molar-refractivity contribution in [3.63, 3.8) is 0 Å². The van der Waals surface area contributed by atoms with E-state index in [4.69, 9.17) is 0 Å². The van der Waals surface area contributed by atoms with Gasteiger partial charge in [0.05, 0.1) is 12.5 Å². The molecular weight excluding hydrogens is 290 g/mol. The predicted octanol–water partition coefficient (Wildman–Crippen LogP) is 0.306. The lowest BCUT2D eigenvalue weighted by Crippen LogP contribution is -2.40. The van der Waals surface area contributed by atoms with Crippen LogP contribution in [0, 0.1) is 5.92 Å². The summed E-state index contributed by atoms with van der Waals surface area (Å²) in [5, 5.41) is 7.23. The van der Waals surface area contributed by atoms with Crippen molar-refractivity contribution >= 4 is 35.3 Å². The van der Waals surface area contributed by atoms with Crippen molar-refractivity contribution in [2.24, 2.45) is 10.9 Å². The molecule has 0 saturated heterocycles. The van der Waals surface area contributed by atoms with E-state index < -0.39 is 5.92 Å². The molecule has 7 heteroatoms. The molecule has 110 valence electrons. The Bertz CT molecular complexity index is 562. The first-order valence-corrected chi connectivity index (χ1v) is 7.36. The van der Waals surface area contributed by atoms with Gasteiger partial charge in [-0.3, -0.25) is 14.4 Å². The number of hydrogen-bond donors (Lipinski definition) is 2. The molecule has 2 heterocycles. The molecule has 0 aromatic carbocycles. The number of nitrogens with one attached hydrogen (secondary N) is 2. The zero-order valence-corrected chi connectivity index (χ0v) is 12.1. The summed E-state index contributed by atoms with van der Waals surface area (Å²) in [6.07, 6.45) is 4.74. The monoisotopic (exact) mass is 305 g/mol. The number of dihydropyridines is 1. The van der Waals surface area contributed by atoms with Crippen molar-refractivity contribution in [3.8, 4) is 0 Å². The standard InChI is InChI=1S/C14H15N3O3S/c18-12-4-3-10(8-16-12)14(20)17-9-13(19)15-6-5-11-2-1-7-21-11/h1-4,7-8,10H,5-6,9H2,(H,15,19)(H,17,20). The molecule has 3 amide bonds. The Balaban J connectivity index is 1.64. The first kappa shape index (κ1) is 15.1. The van der Waals surface area contributed by atoms with Crippen molar-refractivity contribution in [1.29, 1.82) is 0 Å². The third-order valence-electron chi connectivity index (χ3n) is 2.81. The van der Waals surface area contributed by atoms with E-state index in [1.807, 2.05) is 17.5 Å². The highest BCUT2D eigenvalue weighted by Crippen LogP contribution is 2.07. The molecule has 1 aromatic rings. The Morgan fingerprint density at radius 2 is 2.19 bits per heavy atom. The molecular formula is C14H15N3O3S. The van der Waals surface area contributed by atoms with Gasteiger partial charge in [-0.15, -0.1) is 11.3 Å². The molecule has 0 bridgehead atoms. The largest absolute Gasteiger partial charge is 0.354 e. The first-order chi connectivity index (χ1) is 10.1. The van der Waals surface area contributed by atoms with Crippen LogP contribution < -0.4 is 10.6 Å². The smallest absolute Gasteiger partial charge is 0.269 e. The highest BCUT2D eigenvalue weighted by atomic mass is 32.1. The van der Waals surface area contributed by atoms with E-state index in [0.717, 1.165) is 6.42 Å². The fraction of sp³-hybridized carbons (Fsp3) is 0.286. The Labute approximate surface area is 126 Å². The summed E-state index contributed by atoms with van der Waals surface area (Å²) in [7, 11) is 0. The molecule has 1 aliphatic rings. The van der Waals surface area contributed by atoms with Crippen LogP contribution in [0.2, 0.25) is 0 Å². The van der Waals surface area contributed by atoms with Crippen LogP contribution >= 0.6 is 11.3 Å². The van der Waals surface area contributed by atoms with E-state index >= 15 is 0 Å². The number of thiophene rings is 1. The minimum Gasteiger partial charge on any atom is -0.354 e. The van der Waals surface area contributed by atoms with Crippen LogP contribution in [-0.2, 0) is 20.8 Å². The molecule has 1 aromatic heterocycles. The molecule has 1 aliphatic heterocycles. The summed E-state index contributed by atoms with van der Waals surface area (Å²) < 4.78 is 0. The van der Waals surface area contributed by atoms with E-state index in [1.165, 1.54) is 23.2 Å². The number of carbonyl (C=O) groups excluding carboxylic acids is 3. The highest BCUT2D eigenvalue weighted by Gasteiger charge is 2.17. The first-order valence-electron chi connectivity index (χ1n) is 6.48. The molecule has 21 heavy (non-hydrogen) atoms. The number of aliphatic imine (C=N–C) groups is 1. The van der Waals surface area contributed by atoms with Gasteiger partial charge in [-0.25, -0.2) is 4.99 Å². The molecule has 0 saturated carbocycles. The van der Waals surface area contributed by atoms with Gasteiger partial charge < -0.3 is 10.6 Å². The van der Waals surface area contributed by atoms with Gasteiger partial charge in [0.15, 0.2) is 0 Å². The van der Waals surface area contributed by atoms with Gasteiger partial charge in [0.1, 0.15) is 0 Å². The average molecular weight is 305 g/mol. The number of nitrogens with zero attached hydrogens (tertiary/aromatic N) is 1. The number of amides is 3. The summed E-state index contributed by atoms with van der Waals surface area (Å²) in [6, 6.07) is 3.97. The third kappa shape index (κ3) is 4.96. The van der Waals surface area contributed by atoms with Crippen LogP contribution in [0.4, 0.5) is 0 Å². The van der Waals surface area contributed by atoms with Gasteiger partial charge in [0, 0.05) is 23.7 Å². The summed E-state index contributed by atoms with van der Waals surface area (Å²) in [4.78, 5) is 38.9. The Morgan fingerprint density at radius 3 is 2.86 bits per heavy atom.